The molecule has 0 bridgehead atoms. The molecule has 1 aliphatic rings. The monoisotopic (exact) mass is 363 g/mol. The highest BCUT2D eigenvalue weighted by molar-refractivity contribution is 7.13. The van der Waals surface area contributed by atoms with E-state index in [0.29, 0.717) is 31.9 Å². The van der Waals surface area contributed by atoms with Gasteiger partial charge in [-0.1, -0.05) is 11.2 Å². The second-order valence-electron chi connectivity index (χ2n) is 5.81. The van der Waals surface area contributed by atoms with Gasteiger partial charge in [0.2, 0.25) is 5.91 Å². The number of hydrogen-bond donors (Lipinski definition) is 2. The number of hydrogen-bond acceptors (Lipinski definition) is 6. The van der Waals surface area contributed by atoms with E-state index in [9.17, 15) is 9.59 Å². The maximum atomic E-state index is 12.0. The van der Waals surface area contributed by atoms with Gasteiger partial charge in [0.05, 0.1) is 4.88 Å². The molecule has 1 atom stereocenters. The molecule has 2 aromatic rings. The van der Waals surface area contributed by atoms with Gasteiger partial charge < -0.3 is 19.9 Å². The number of amides is 2. The maximum absolute atomic E-state index is 12.0. The Kier molecular flexibility index (Phi) is 6.19. The van der Waals surface area contributed by atoms with Crippen molar-refractivity contribution in [1.29, 1.82) is 0 Å². The lowest BCUT2D eigenvalue weighted by atomic mass is 10.1. The van der Waals surface area contributed by atoms with Crippen molar-refractivity contribution in [3.63, 3.8) is 0 Å². The molecule has 8 heteroatoms. The molecule has 0 spiro atoms. The minimum atomic E-state index is -0.325. The number of carbonyl (C=O) groups excluding carboxylic acids is 2. The Morgan fingerprint density at radius 3 is 2.92 bits per heavy atom. The zero-order valence-corrected chi connectivity index (χ0v) is 14.6. The van der Waals surface area contributed by atoms with Crippen molar-refractivity contribution in [3.8, 4) is 10.6 Å². The van der Waals surface area contributed by atoms with Crippen molar-refractivity contribution < 1.29 is 18.8 Å². The minimum absolute atomic E-state index is 0.0666. The summed E-state index contributed by atoms with van der Waals surface area (Å²) in [5.74, 6) is 0.233. The molecule has 1 unspecified atom stereocenters. The second-order valence-corrected chi connectivity index (χ2v) is 6.76. The Labute approximate surface area is 149 Å². The van der Waals surface area contributed by atoms with E-state index in [1.165, 1.54) is 11.3 Å². The molecule has 2 N–H and O–H groups in total. The van der Waals surface area contributed by atoms with Crippen LogP contribution in [0.3, 0.4) is 0 Å². The minimum Gasteiger partial charge on any atom is -0.368 e. The Morgan fingerprint density at radius 1 is 1.28 bits per heavy atom. The quantitative estimate of drug-likeness (QED) is 0.736. The molecule has 1 saturated heterocycles. The summed E-state index contributed by atoms with van der Waals surface area (Å²) < 4.78 is 10.6. The predicted octanol–water partition coefficient (Wildman–Crippen LogP) is 2.21. The molecule has 7 nitrogen and oxygen atoms in total. The highest BCUT2D eigenvalue weighted by atomic mass is 32.1. The van der Waals surface area contributed by atoms with E-state index in [1.807, 2.05) is 17.5 Å². The normalized spacial score (nSPS) is 17.2. The molecule has 0 saturated carbocycles. The van der Waals surface area contributed by atoms with Crippen LogP contribution in [0.2, 0.25) is 0 Å². The average molecular weight is 363 g/mol. The summed E-state index contributed by atoms with van der Waals surface area (Å²) >= 11 is 1.52. The summed E-state index contributed by atoms with van der Waals surface area (Å²) in [6.07, 6.45) is 3.14. The molecule has 0 aromatic carbocycles. The van der Waals surface area contributed by atoms with Crippen LogP contribution in [0, 0.1) is 0 Å². The second kappa shape index (κ2) is 8.77. The van der Waals surface area contributed by atoms with Crippen molar-refractivity contribution in [3.05, 3.63) is 29.3 Å². The predicted molar refractivity (Wildman–Crippen MR) is 93.4 cm³/mol. The lowest BCUT2D eigenvalue weighted by Gasteiger charge is -2.21. The van der Waals surface area contributed by atoms with Crippen LogP contribution in [0.1, 0.15) is 36.2 Å². The number of aromatic nitrogens is 1. The zero-order valence-electron chi connectivity index (χ0n) is 13.8. The molecule has 2 amide bonds. The molecule has 0 radical (unpaired) electrons. The molecule has 0 aliphatic carbocycles. The fourth-order valence-electron chi connectivity index (χ4n) is 2.57. The van der Waals surface area contributed by atoms with Crippen LogP contribution in [-0.4, -0.2) is 42.8 Å². The van der Waals surface area contributed by atoms with Crippen molar-refractivity contribution >= 4 is 23.2 Å². The van der Waals surface area contributed by atoms with Gasteiger partial charge in [-0.3, -0.25) is 9.59 Å². The van der Waals surface area contributed by atoms with Crippen LogP contribution in [-0.2, 0) is 9.53 Å². The Bertz CT molecular complexity index is 693. The van der Waals surface area contributed by atoms with Gasteiger partial charge in [0, 0.05) is 25.8 Å². The SMILES string of the molecule is O=C(NCCCNC(=O)C1CCCCO1)c1cc(-c2cccs2)on1. The molecule has 3 heterocycles. The zero-order chi connectivity index (χ0) is 17.5. The van der Waals surface area contributed by atoms with Crippen molar-refractivity contribution in [1.82, 2.24) is 15.8 Å². The molecule has 1 fully saturated rings. The first-order chi connectivity index (χ1) is 12.2. The fraction of sp³-hybridized carbons (Fsp3) is 0.471. The van der Waals surface area contributed by atoms with Gasteiger partial charge in [-0.25, -0.2) is 0 Å². The van der Waals surface area contributed by atoms with Crippen molar-refractivity contribution in [2.75, 3.05) is 19.7 Å². The van der Waals surface area contributed by atoms with Crippen LogP contribution in [0.5, 0.6) is 0 Å². The van der Waals surface area contributed by atoms with Gasteiger partial charge in [0.15, 0.2) is 11.5 Å². The number of carbonyl (C=O) groups is 2. The van der Waals surface area contributed by atoms with Gasteiger partial charge >= 0.3 is 0 Å². The average Bonchev–Trinajstić information content (AvgIpc) is 3.33. The molecule has 25 heavy (non-hydrogen) atoms. The number of nitrogens with one attached hydrogen (secondary N) is 2. The highest BCUT2D eigenvalue weighted by Gasteiger charge is 2.21. The summed E-state index contributed by atoms with van der Waals surface area (Å²) in [5.41, 5.74) is 0.253. The molecule has 3 rings (SSSR count). The Morgan fingerprint density at radius 2 is 2.16 bits per heavy atom. The van der Waals surface area contributed by atoms with Gasteiger partial charge in [-0.2, -0.15) is 0 Å². The third-order valence-corrected chi connectivity index (χ3v) is 4.80. The summed E-state index contributed by atoms with van der Waals surface area (Å²) in [5, 5.41) is 11.3. The first-order valence-corrected chi connectivity index (χ1v) is 9.30. The van der Waals surface area contributed by atoms with Crippen molar-refractivity contribution in [2.24, 2.45) is 0 Å². The Balaban J connectivity index is 1.35. The van der Waals surface area contributed by atoms with Gasteiger partial charge in [0.1, 0.15) is 6.10 Å². The molecule has 1 aliphatic heterocycles. The topological polar surface area (TPSA) is 93.5 Å². The molecular formula is C17H21N3O4S. The van der Waals surface area contributed by atoms with Crippen LogP contribution in [0.4, 0.5) is 0 Å². The van der Waals surface area contributed by atoms with Crippen LogP contribution in [0.15, 0.2) is 28.1 Å². The number of ether oxygens (including phenoxy) is 1. The lowest BCUT2D eigenvalue weighted by molar-refractivity contribution is -0.135. The van der Waals surface area contributed by atoms with Gasteiger partial charge in [0.25, 0.3) is 5.91 Å². The first kappa shape index (κ1) is 17.6. The highest BCUT2D eigenvalue weighted by Crippen LogP contribution is 2.24. The van der Waals surface area contributed by atoms with Crippen LogP contribution >= 0.6 is 11.3 Å². The van der Waals surface area contributed by atoms with Gasteiger partial charge in [-0.05, 0) is 37.1 Å². The summed E-state index contributed by atoms with van der Waals surface area (Å²) in [6, 6.07) is 5.45. The van der Waals surface area contributed by atoms with E-state index < -0.39 is 0 Å². The van der Waals surface area contributed by atoms with Crippen LogP contribution in [0.25, 0.3) is 10.6 Å². The van der Waals surface area contributed by atoms with Gasteiger partial charge in [-0.15, -0.1) is 11.3 Å². The molecule has 134 valence electrons. The number of rotatable bonds is 7. The standard InChI is InChI=1S/C17H21N3O4S/c21-16(12-11-14(24-20-12)15-6-3-10-25-15)18-7-4-8-19-17(22)13-5-1-2-9-23-13/h3,6,10-11,13H,1-2,4-5,7-9H2,(H,18,21)(H,19,22). The maximum Gasteiger partial charge on any atom is 0.273 e. The Hall–Kier alpha value is -2.19. The van der Waals surface area contributed by atoms with E-state index >= 15 is 0 Å². The number of thiophene rings is 1. The smallest absolute Gasteiger partial charge is 0.273 e. The lowest BCUT2D eigenvalue weighted by Crippen LogP contribution is -2.39. The van der Waals surface area contributed by atoms with E-state index in [1.54, 1.807) is 6.07 Å². The van der Waals surface area contributed by atoms with E-state index in [-0.39, 0.29) is 23.6 Å². The van der Waals surface area contributed by atoms with E-state index in [4.69, 9.17) is 9.26 Å². The summed E-state index contributed by atoms with van der Waals surface area (Å²) in [4.78, 5) is 24.9. The molecule has 2 aromatic heterocycles. The first-order valence-electron chi connectivity index (χ1n) is 8.42. The molecular weight excluding hydrogens is 342 g/mol. The van der Waals surface area contributed by atoms with E-state index in [2.05, 4.69) is 15.8 Å². The van der Waals surface area contributed by atoms with Crippen molar-refractivity contribution in [2.45, 2.75) is 31.8 Å². The third-order valence-electron chi connectivity index (χ3n) is 3.92. The van der Waals surface area contributed by atoms with Crippen LogP contribution < -0.4 is 10.6 Å². The summed E-state index contributed by atoms with van der Waals surface area (Å²) in [7, 11) is 0. The number of nitrogens with zero attached hydrogens (tertiary/aromatic N) is 1. The fourth-order valence-corrected chi connectivity index (χ4v) is 3.24. The largest absolute Gasteiger partial charge is 0.368 e. The van der Waals surface area contributed by atoms with E-state index in [0.717, 1.165) is 24.1 Å². The summed E-state index contributed by atoms with van der Waals surface area (Å²) in [6.45, 7) is 1.60. The third kappa shape index (κ3) is 4.90.